The fraction of sp³-hybridized carbons (Fsp3) is 0.214. The summed E-state index contributed by atoms with van der Waals surface area (Å²) >= 11 is 0. The Morgan fingerprint density at radius 2 is 0.983 bits per heavy atom. The topological polar surface area (TPSA) is 418 Å². The Kier molecular flexibility index (Phi) is 13.9. The van der Waals surface area contributed by atoms with Crippen LogP contribution in [0.1, 0.15) is 0 Å². The van der Waals surface area contributed by atoms with Crippen molar-refractivity contribution in [2.45, 2.75) is 19.6 Å². The quantitative estimate of drug-likeness (QED) is 0.0474. The first kappa shape index (κ1) is 47.7. The molecule has 0 heterocycles. The average molecular weight is 964 g/mol. The van der Waals surface area contributed by atoms with Crippen LogP contribution in [0, 0.1) is 0 Å². The Balaban J connectivity index is 1.86. The molecule has 0 saturated heterocycles. The molecule has 0 amide bonds. The summed E-state index contributed by atoms with van der Waals surface area (Å²) in [4.78, 5) is -3.22. The number of ether oxygens (including phenoxy) is 2. The molecule has 7 N–H and O–H groups in total. The van der Waals surface area contributed by atoms with Crippen LogP contribution < -0.4 is 15.2 Å². The van der Waals surface area contributed by atoms with Crippen LogP contribution in [-0.4, -0.2) is 113 Å². The van der Waals surface area contributed by atoms with Gasteiger partial charge in [0.25, 0.3) is 20.2 Å². The normalized spacial score (nSPS) is 13.4. The number of phenolic OH excluding ortho intramolecular Hbond substituents is 1. The van der Waals surface area contributed by atoms with Gasteiger partial charge in [-0.15, -0.1) is 15.3 Å². The second kappa shape index (κ2) is 17.5. The molecule has 0 aliphatic carbocycles. The zero-order chi connectivity index (χ0) is 45.2. The summed E-state index contributed by atoms with van der Waals surface area (Å²) in [6, 6.07) is 7.01. The van der Waals surface area contributed by atoms with Gasteiger partial charge in [0.1, 0.15) is 21.2 Å². The summed E-state index contributed by atoms with van der Waals surface area (Å²) in [6.07, 6.45) is 0. The van der Waals surface area contributed by atoms with Gasteiger partial charge in [0.05, 0.1) is 65.5 Å². The van der Waals surface area contributed by atoms with E-state index < -0.39 is 151 Å². The van der Waals surface area contributed by atoms with Crippen molar-refractivity contribution >= 4 is 99.9 Å². The van der Waals surface area contributed by atoms with E-state index in [4.69, 9.17) is 24.3 Å². The number of methoxy groups -OCH3 is 2. The fourth-order valence-corrected chi connectivity index (χ4v) is 9.24. The van der Waals surface area contributed by atoms with E-state index in [0.29, 0.717) is 12.1 Å². The fourth-order valence-electron chi connectivity index (χ4n) is 4.91. The van der Waals surface area contributed by atoms with Crippen molar-refractivity contribution in [1.82, 2.24) is 0 Å². The standard InChI is InChI=1S/C28H29N5O21S6/c1-51-19-13-18(56(37,38)10-8-54-60(48,49)50)14-20(52-2)25(19)31-33-27-22(58(42,43)44)12-15-11-21(57(39,40)41)26(24(29)23(15)28(27)34)32-30-16-3-5-17(6-4-16)55(35,36)9-7-53-59(45,46)47/h3-6,11-14,34H,7-10,29H2,1-2H3,(H,39,40,41)(H,42,43,44)(H,45,46,47)(H,48,49,50). The largest absolute Gasteiger partial charge is 0.505 e. The van der Waals surface area contributed by atoms with Crippen LogP contribution in [0.5, 0.6) is 17.2 Å². The molecule has 0 aliphatic rings. The number of nitrogens with zero attached hydrogens (tertiary/aromatic N) is 4. The van der Waals surface area contributed by atoms with Crippen molar-refractivity contribution in [2.75, 3.05) is 44.7 Å². The molecule has 4 aromatic carbocycles. The lowest BCUT2D eigenvalue weighted by Gasteiger charge is -2.15. The summed E-state index contributed by atoms with van der Waals surface area (Å²) in [7, 11) is -27.0. The molecule has 0 aliphatic heterocycles. The smallest absolute Gasteiger partial charge is 0.397 e. The van der Waals surface area contributed by atoms with Crippen LogP contribution in [0.4, 0.5) is 28.4 Å². The molecule has 26 nitrogen and oxygen atoms in total. The maximum Gasteiger partial charge on any atom is 0.397 e. The van der Waals surface area contributed by atoms with E-state index in [1.807, 2.05) is 0 Å². The Morgan fingerprint density at radius 3 is 1.42 bits per heavy atom. The molecule has 328 valence electrons. The SMILES string of the molecule is COc1cc(S(=O)(=O)CCOS(=O)(=O)O)cc(OC)c1N=Nc1c(S(=O)(=O)O)cc2cc(S(=O)(=O)O)c(N=Nc3ccc(S(=O)(=O)CCOS(=O)(=O)O)cc3)c(N)c2c1O. The third-order valence-electron chi connectivity index (χ3n) is 7.56. The molecule has 0 spiro atoms. The molecule has 4 rings (SSSR count). The number of sulfone groups is 2. The number of phenols is 1. The monoisotopic (exact) mass is 963 g/mol. The molecule has 32 heteroatoms. The second-order valence-electron chi connectivity index (χ2n) is 11.5. The van der Waals surface area contributed by atoms with Crippen molar-refractivity contribution in [2.24, 2.45) is 20.5 Å². The highest BCUT2D eigenvalue weighted by atomic mass is 32.3. The van der Waals surface area contributed by atoms with Crippen LogP contribution >= 0.6 is 0 Å². The van der Waals surface area contributed by atoms with Crippen molar-refractivity contribution in [3.63, 3.8) is 0 Å². The van der Waals surface area contributed by atoms with Gasteiger partial charge in [-0.05, 0) is 41.8 Å². The first-order chi connectivity index (χ1) is 27.5. The number of azo groups is 2. The van der Waals surface area contributed by atoms with E-state index in [1.165, 1.54) is 0 Å². The van der Waals surface area contributed by atoms with Crippen LogP contribution in [-0.2, 0) is 69.1 Å². The van der Waals surface area contributed by atoms with E-state index in [2.05, 4.69) is 28.8 Å². The van der Waals surface area contributed by atoms with Crippen LogP contribution in [0.25, 0.3) is 10.8 Å². The Labute approximate surface area is 340 Å². The highest BCUT2D eigenvalue weighted by Crippen LogP contribution is 2.49. The summed E-state index contributed by atoms with van der Waals surface area (Å²) in [5.74, 6) is -3.87. The molecule has 0 saturated carbocycles. The molecule has 0 aromatic heterocycles. The first-order valence-electron chi connectivity index (χ1n) is 15.4. The molecular weight excluding hydrogens is 935 g/mol. The van der Waals surface area contributed by atoms with Crippen LogP contribution in [0.2, 0.25) is 0 Å². The van der Waals surface area contributed by atoms with Gasteiger partial charge in [-0.2, -0.15) is 38.8 Å². The Hall–Kier alpha value is -5.00. The highest BCUT2D eigenvalue weighted by Gasteiger charge is 2.29. The lowest BCUT2D eigenvalue weighted by atomic mass is 10.1. The minimum atomic E-state index is -5.38. The lowest BCUT2D eigenvalue weighted by molar-refractivity contribution is 0.282. The number of fused-ring (bicyclic) bond motifs is 1. The van der Waals surface area contributed by atoms with Gasteiger partial charge in [0.2, 0.25) is 0 Å². The van der Waals surface area contributed by atoms with E-state index in [-0.39, 0.29) is 10.6 Å². The van der Waals surface area contributed by atoms with Gasteiger partial charge in [0, 0.05) is 12.1 Å². The number of rotatable bonds is 18. The zero-order valence-corrected chi connectivity index (χ0v) is 34.9. The molecule has 0 bridgehead atoms. The van der Waals surface area contributed by atoms with E-state index in [9.17, 15) is 64.7 Å². The predicted molar refractivity (Wildman–Crippen MR) is 203 cm³/mol. The van der Waals surface area contributed by atoms with Gasteiger partial charge in [-0.1, -0.05) is 0 Å². The van der Waals surface area contributed by atoms with E-state index in [1.54, 1.807) is 0 Å². The summed E-state index contributed by atoms with van der Waals surface area (Å²) in [6.45, 7) is -1.92. The highest BCUT2D eigenvalue weighted by molar-refractivity contribution is 7.91. The first-order valence-corrected chi connectivity index (χ1v) is 24.4. The molecule has 0 radical (unpaired) electrons. The minimum absolute atomic E-state index is 0.169. The summed E-state index contributed by atoms with van der Waals surface area (Å²) in [5, 5.41) is 25.3. The third-order valence-corrected chi connectivity index (χ3v) is 13.6. The van der Waals surface area contributed by atoms with Gasteiger partial charge in [-0.25, -0.2) is 25.2 Å². The number of benzene rings is 4. The van der Waals surface area contributed by atoms with Crippen molar-refractivity contribution in [3.05, 3.63) is 48.5 Å². The van der Waals surface area contributed by atoms with Gasteiger partial charge in [0.15, 0.2) is 42.6 Å². The third kappa shape index (κ3) is 11.6. The molecule has 4 aromatic rings. The van der Waals surface area contributed by atoms with Gasteiger partial charge >= 0.3 is 20.8 Å². The number of anilines is 1. The van der Waals surface area contributed by atoms with E-state index in [0.717, 1.165) is 50.6 Å². The summed E-state index contributed by atoms with van der Waals surface area (Å²) < 4.78 is 200. The predicted octanol–water partition coefficient (Wildman–Crippen LogP) is 2.66. The van der Waals surface area contributed by atoms with Crippen LogP contribution in [0.3, 0.4) is 0 Å². The maximum absolute atomic E-state index is 12.9. The number of aromatic hydroxyl groups is 1. The Bertz CT molecular complexity index is 3080. The van der Waals surface area contributed by atoms with Crippen molar-refractivity contribution in [1.29, 1.82) is 0 Å². The maximum atomic E-state index is 12.9. The minimum Gasteiger partial charge on any atom is -0.505 e. The molecule has 60 heavy (non-hydrogen) atoms. The van der Waals surface area contributed by atoms with Crippen LogP contribution in [0.15, 0.2) is 88.6 Å². The van der Waals surface area contributed by atoms with Crippen molar-refractivity contribution in [3.8, 4) is 17.2 Å². The molecule has 0 unspecified atom stereocenters. The number of hydrogen-bond donors (Lipinski definition) is 6. The van der Waals surface area contributed by atoms with Gasteiger partial charge < -0.3 is 20.3 Å². The molecular formula is C28H29N5O21S6. The lowest BCUT2D eigenvalue weighted by Crippen LogP contribution is -2.15. The van der Waals surface area contributed by atoms with Gasteiger partial charge in [-0.3, -0.25) is 18.2 Å². The summed E-state index contributed by atoms with van der Waals surface area (Å²) in [5.41, 5.74) is 2.88. The Morgan fingerprint density at radius 1 is 0.567 bits per heavy atom. The average Bonchev–Trinajstić information content (AvgIpc) is 3.11. The molecule has 0 fully saturated rings. The number of nitrogen functional groups attached to an aromatic ring is 1. The number of nitrogens with two attached hydrogens (primary N) is 1. The van der Waals surface area contributed by atoms with Crippen molar-refractivity contribution < 1.29 is 91.7 Å². The zero-order valence-electron chi connectivity index (χ0n) is 30.0. The second-order valence-corrected chi connectivity index (χ2v) is 20.6. The van der Waals surface area contributed by atoms with E-state index >= 15 is 0 Å². The number of hydrogen-bond acceptors (Lipinski definition) is 22. The molecule has 0 atom stereocenters.